The van der Waals surface area contributed by atoms with Gasteiger partial charge in [0.2, 0.25) is 0 Å². The quantitative estimate of drug-likeness (QED) is 0.656. The molecular weight excluding hydrogens is 176 g/mol. The molecule has 0 unspecified atom stereocenters. The Balaban J connectivity index is 3.32. The van der Waals surface area contributed by atoms with Gasteiger partial charge < -0.3 is 10.2 Å². The summed E-state index contributed by atoms with van der Waals surface area (Å²) in [5.41, 5.74) is 0. The van der Waals surface area contributed by atoms with Crippen molar-refractivity contribution in [3.8, 4) is 0 Å². The summed E-state index contributed by atoms with van der Waals surface area (Å²) >= 11 is 0. The lowest BCUT2D eigenvalue weighted by Crippen LogP contribution is -2.37. The number of hydrogen-bond acceptors (Lipinski definition) is 1. The molecule has 0 fully saturated rings. The third-order valence-electron chi connectivity index (χ3n) is 2.31. The molecule has 0 aromatic heterocycles. The average molecular weight is 200 g/mol. The second kappa shape index (κ2) is 7.65. The molecule has 0 spiro atoms. The predicted molar refractivity (Wildman–Crippen MR) is 60.4 cm³/mol. The Kier molecular flexibility index (Phi) is 7.25. The van der Waals surface area contributed by atoms with Gasteiger partial charge in [0, 0.05) is 20.1 Å². The summed E-state index contributed by atoms with van der Waals surface area (Å²) in [6, 6.07) is 0.0389. The lowest BCUT2D eigenvalue weighted by Gasteiger charge is -2.15. The molecule has 0 bridgehead atoms. The molecule has 0 aliphatic heterocycles. The van der Waals surface area contributed by atoms with E-state index >= 15 is 0 Å². The number of amides is 2. The highest BCUT2D eigenvalue weighted by atomic mass is 16.2. The summed E-state index contributed by atoms with van der Waals surface area (Å²) in [6.07, 6.45) is 3.54. The van der Waals surface area contributed by atoms with E-state index in [0.29, 0.717) is 0 Å². The molecule has 0 aliphatic rings. The Morgan fingerprint density at radius 1 is 1.36 bits per heavy atom. The van der Waals surface area contributed by atoms with E-state index in [0.717, 1.165) is 25.4 Å². The zero-order chi connectivity index (χ0) is 11.0. The lowest BCUT2D eigenvalue weighted by atomic mass is 10.1. The van der Waals surface area contributed by atoms with Gasteiger partial charge in [-0.3, -0.25) is 0 Å². The molecule has 0 radical (unpaired) electrons. The van der Waals surface area contributed by atoms with Crippen molar-refractivity contribution in [1.82, 2.24) is 10.2 Å². The molecule has 0 aromatic rings. The number of carbonyl (C=O) groups is 1. The number of unbranched alkanes of at least 4 members (excludes halogenated alkanes) is 1. The minimum absolute atomic E-state index is 0.0389. The van der Waals surface area contributed by atoms with Gasteiger partial charge in [-0.05, 0) is 19.3 Å². The van der Waals surface area contributed by atoms with Gasteiger partial charge in [-0.25, -0.2) is 4.79 Å². The SMILES string of the molecule is CCN(C)C(=O)NCCCCC(C)C. The van der Waals surface area contributed by atoms with Crippen molar-refractivity contribution in [2.75, 3.05) is 20.1 Å². The molecule has 2 amide bonds. The Labute approximate surface area is 87.9 Å². The molecular formula is C11H24N2O. The van der Waals surface area contributed by atoms with Crippen LogP contribution in [0.5, 0.6) is 0 Å². The Hall–Kier alpha value is -0.730. The van der Waals surface area contributed by atoms with E-state index in [9.17, 15) is 4.79 Å². The third kappa shape index (κ3) is 6.75. The molecule has 1 N–H and O–H groups in total. The maximum absolute atomic E-state index is 11.3. The topological polar surface area (TPSA) is 32.3 Å². The van der Waals surface area contributed by atoms with E-state index in [2.05, 4.69) is 19.2 Å². The van der Waals surface area contributed by atoms with Crippen LogP contribution in [-0.4, -0.2) is 31.1 Å². The molecule has 0 atom stereocenters. The second-order valence-corrected chi connectivity index (χ2v) is 4.14. The molecule has 0 saturated heterocycles. The van der Waals surface area contributed by atoms with Crippen LogP contribution in [0.4, 0.5) is 4.79 Å². The van der Waals surface area contributed by atoms with Crippen LogP contribution in [0.1, 0.15) is 40.0 Å². The highest BCUT2D eigenvalue weighted by Crippen LogP contribution is 2.04. The number of nitrogens with one attached hydrogen (secondary N) is 1. The summed E-state index contributed by atoms with van der Waals surface area (Å²) < 4.78 is 0. The van der Waals surface area contributed by atoms with Crippen LogP contribution in [0, 0.1) is 5.92 Å². The fourth-order valence-electron chi connectivity index (χ4n) is 1.15. The van der Waals surface area contributed by atoms with Crippen molar-refractivity contribution in [2.45, 2.75) is 40.0 Å². The summed E-state index contributed by atoms with van der Waals surface area (Å²) in [5.74, 6) is 0.768. The molecule has 0 aromatic carbocycles. The van der Waals surface area contributed by atoms with Crippen molar-refractivity contribution in [1.29, 1.82) is 0 Å². The lowest BCUT2D eigenvalue weighted by molar-refractivity contribution is 0.211. The molecule has 3 heteroatoms. The van der Waals surface area contributed by atoms with Crippen molar-refractivity contribution in [3.63, 3.8) is 0 Å². The van der Waals surface area contributed by atoms with E-state index in [1.807, 2.05) is 14.0 Å². The van der Waals surface area contributed by atoms with Gasteiger partial charge in [0.25, 0.3) is 0 Å². The monoisotopic (exact) mass is 200 g/mol. The number of hydrogen-bond donors (Lipinski definition) is 1. The van der Waals surface area contributed by atoms with Gasteiger partial charge in [0.05, 0.1) is 0 Å². The van der Waals surface area contributed by atoms with Crippen LogP contribution in [0.3, 0.4) is 0 Å². The van der Waals surface area contributed by atoms with Crippen molar-refractivity contribution < 1.29 is 4.79 Å². The molecule has 14 heavy (non-hydrogen) atoms. The average Bonchev–Trinajstić information content (AvgIpc) is 2.15. The fraction of sp³-hybridized carbons (Fsp3) is 0.909. The third-order valence-corrected chi connectivity index (χ3v) is 2.31. The first-order valence-corrected chi connectivity index (χ1v) is 5.56. The highest BCUT2D eigenvalue weighted by molar-refractivity contribution is 5.73. The first kappa shape index (κ1) is 13.3. The van der Waals surface area contributed by atoms with Gasteiger partial charge in [-0.2, -0.15) is 0 Å². The van der Waals surface area contributed by atoms with Crippen molar-refractivity contribution in [2.24, 2.45) is 5.92 Å². The van der Waals surface area contributed by atoms with Crippen LogP contribution in [0.25, 0.3) is 0 Å². The van der Waals surface area contributed by atoms with E-state index in [1.54, 1.807) is 4.90 Å². The molecule has 84 valence electrons. The van der Waals surface area contributed by atoms with E-state index in [1.165, 1.54) is 12.8 Å². The van der Waals surface area contributed by atoms with Crippen LogP contribution in [0.2, 0.25) is 0 Å². The Morgan fingerprint density at radius 2 is 2.00 bits per heavy atom. The van der Waals surface area contributed by atoms with Gasteiger partial charge in [-0.15, -0.1) is 0 Å². The Bertz CT molecular complexity index is 157. The van der Waals surface area contributed by atoms with Crippen LogP contribution in [0.15, 0.2) is 0 Å². The Morgan fingerprint density at radius 3 is 2.50 bits per heavy atom. The number of urea groups is 1. The zero-order valence-corrected chi connectivity index (χ0v) is 9.97. The predicted octanol–water partition coefficient (Wildman–Crippen LogP) is 2.47. The zero-order valence-electron chi connectivity index (χ0n) is 9.97. The number of rotatable bonds is 6. The summed E-state index contributed by atoms with van der Waals surface area (Å²) in [4.78, 5) is 13.0. The van der Waals surface area contributed by atoms with Crippen molar-refractivity contribution >= 4 is 6.03 Å². The van der Waals surface area contributed by atoms with Gasteiger partial charge in [0.1, 0.15) is 0 Å². The first-order valence-electron chi connectivity index (χ1n) is 5.56. The van der Waals surface area contributed by atoms with Gasteiger partial charge in [0.15, 0.2) is 0 Å². The minimum Gasteiger partial charge on any atom is -0.338 e. The van der Waals surface area contributed by atoms with Crippen LogP contribution >= 0.6 is 0 Å². The molecule has 0 heterocycles. The van der Waals surface area contributed by atoms with Gasteiger partial charge in [-0.1, -0.05) is 26.7 Å². The maximum Gasteiger partial charge on any atom is 0.317 e. The summed E-state index contributed by atoms with van der Waals surface area (Å²) in [7, 11) is 1.81. The second-order valence-electron chi connectivity index (χ2n) is 4.14. The van der Waals surface area contributed by atoms with E-state index < -0.39 is 0 Å². The molecule has 0 rings (SSSR count). The minimum atomic E-state index is 0.0389. The van der Waals surface area contributed by atoms with E-state index in [-0.39, 0.29) is 6.03 Å². The first-order chi connectivity index (χ1) is 6.57. The van der Waals surface area contributed by atoms with E-state index in [4.69, 9.17) is 0 Å². The van der Waals surface area contributed by atoms with Gasteiger partial charge >= 0.3 is 6.03 Å². The normalized spacial score (nSPS) is 10.4. The number of nitrogens with zero attached hydrogens (tertiary/aromatic N) is 1. The smallest absolute Gasteiger partial charge is 0.317 e. The maximum atomic E-state index is 11.3. The molecule has 0 aliphatic carbocycles. The standard InChI is InChI=1S/C11H24N2O/c1-5-13(4)11(14)12-9-7-6-8-10(2)3/h10H,5-9H2,1-4H3,(H,12,14). The highest BCUT2D eigenvalue weighted by Gasteiger charge is 2.03. The molecule has 3 nitrogen and oxygen atoms in total. The largest absolute Gasteiger partial charge is 0.338 e. The van der Waals surface area contributed by atoms with Crippen LogP contribution < -0.4 is 5.32 Å². The molecule has 0 saturated carbocycles. The summed E-state index contributed by atoms with van der Waals surface area (Å²) in [5, 5.41) is 2.89. The van der Waals surface area contributed by atoms with Crippen LogP contribution in [-0.2, 0) is 0 Å². The summed E-state index contributed by atoms with van der Waals surface area (Å²) in [6.45, 7) is 7.99. The number of carbonyl (C=O) groups excluding carboxylic acids is 1. The van der Waals surface area contributed by atoms with Crippen molar-refractivity contribution in [3.05, 3.63) is 0 Å². The fourth-order valence-corrected chi connectivity index (χ4v) is 1.15.